The number of hydrogen-bond acceptors (Lipinski definition) is 3. The molecule has 1 aromatic heterocycles. The first-order valence-electron chi connectivity index (χ1n) is 5.10. The van der Waals surface area contributed by atoms with E-state index in [1.807, 2.05) is 18.3 Å². The third-order valence-electron chi connectivity index (χ3n) is 2.29. The third-order valence-corrected chi connectivity index (χ3v) is 2.29. The molecule has 0 aliphatic carbocycles. The van der Waals surface area contributed by atoms with Crippen molar-refractivity contribution in [2.75, 3.05) is 7.05 Å². The van der Waals surface area contributed by atoms with E-state index in [1.54, 1.807) is 13.2 Å². The highest BCUT2D eigenvalue weighted by atomic mass is 16.2. The van der Waals surface area contributed by atoms with Crippen LogP contribution in [0.2, 0.25) is 0 Å². The molecule has 0 bridgehead atoms. The minimum Gasteiger partial charge on any atom is -0.358 e. The number of nitrogens with zero attached hydrogens (tertiary/aromatic N) is 1. The maximum absolute atomic E-state index is 11.1. The third kappa shape index (κ3) is 4.08. The molecule has 1 heterocycles. The normalized spacial score (nSPS) is 12.1. The van der Waals surface area contributed by atoms with Gasteiger partial charge in [-0.05, 0) is 30.9 Å². The molecule has 0 unspecified atom stereocenters. The summed E-state index contributed by atoms with van der Waals surface area (Å²) >= 11 is 0. The lowest BCUT2D eigenvalue weighted by Crippen LogP contribution is -2.38. The van der Waals surface area contributed by atoms with Crippen LogP contribution in [0.1, 0.15) is 18.4 Å². The number of carbonyl (C=O) groups is 1. The molecule has 4 heteroatoms. The maximum atomic E-state index is 11.1. The molecule has 0 fully saturated rings. The Morgan fingerprint density at radius 2 is 2.47 bits per heavy atom. The lowest BCUT2D eigenvalue weighted by Gasteiger charge is -2.09. The molecule has 0 aromatic carbocycles. The smallest absolute Gasteiger partial charge is 0.236 e. The van der Waals surface area contributed by atoms with Crippen LogP contribution in [0.4, 0.5) is 0 Å². The Kier molecular flexibility index (Phi) is 4.77. The molecule has 0 aliphatic rings. The second kappa shape index (κ2) is 6.14. The van der Waals surface area contributed by atoms with Gasteiger partial charge >= 0.3 is 0 Å². The molecule has 0 radical (unpaired) electrons. The zero-order valence-electron chi connectivity index (χ0n) is 8.94. The predicted octanol–water partition coefficient (Wildman–Crippen LogP) is 0.478. The molecule has 0 saturated carbocycles. The number of hydrogen-bond donors (Lipinski definition) is 2. The van der Waals surface area contributed by atoms with Crippen molar-refractivity contribution in [3.05, 3.63) is 30.1 Å². The van der Waals surface area contributed by atoms with Gasteiger partial charge in [0.15, 0.2) is 0 Å². The standard InChI is InChI=1S/C11H17N3O/c1-13-11(15)10(12)6-2-4-9-5-3-7-14-8-9/h3,5,7-8,10H,2,4,6,12H2,1H3,(H,13,15)/t10-/m0/s1. The SMILES string of the molecule is CNC(=O)[C@@H](N)CCCc1cccnc1. The first-order chi connectivity index (χ1) is 7.24. The highest BCUT2D eigenvalue weighted by Crippen LogP contribution is 2.04. The van der Waals surface area contributed by atoms with E-state index in [-0.39, 0.29) is 5.91 Å². The Morgan fingerprint density at radius 1 is 1.67 bits per heavy atom. The second-order valence-corrected chi connectivity index (χ2v) is 3.47. The predicted molar refractivity (Wildman–Crippen MR) is 59.2 cm³/mol. The average molecular weight is 207 g/mol. The van der Waals surface area contributed by atoms with E-state index < -0.39 is 6.04 Å². The van der Waals surface area contributed by atoms with Crippen LogP contribution in [0.15, 0.2) is 24.5 Å². The molecule has 1 rings (SSSR count). The molecular weight excluding hydrogens is 190 g/mol. The first-order valence-corrected chi connectivity index (χ1v) is 5.10. The fourth-order valence-electron chi connectivity index (χ4n) is 1.39. The van der Waals surface area contributed by atoms with Gasteiger partial charge in [-0.25, -0.2) is 0 Å². The van der Waals surface area contributed by atoms with E-state index in [9.17, 15) is 4.79 Å². The number of carbonyl (C=O) groups excluding carboxylic acids is 1. The van der Waals surface area contributed by atoms with Crippen molar-refractivity contribution in [3.8, 4) is 0 Å². The van der Waals surface area contributed by atoms with Crippen LogP contribution in [-0.2, 0) is 11.2 Å². The van der Waals surface area contributed by atoms with Crippen molar-refractivity contribution in [3.63, 3.8) is 0 Å². The Balaban J connectivity index is 2.25. The van der Waals surface area contributed by atoms with Crippen LogP contribution in [0.3, 0.4) is 0 Å². The van der Waals surface area contributed by atoms with Crippen LogP contribution in [0.25, 0.3) is 0 Å². The van der Waals surface area contributed by atoms with E-state index in [0.717, 1.165) is 12.8 Å². The van der Waals surface area contributed by atoms with Gasteiger partial charge in [0.25, 0.3) is 0 Å². The van der Waals surface area contributed by atoms with Gasteiger partial charge in [-0.1, -0.05) is 6.07 Å². The van der Waals surface area contributed by atoms with Crippen molar-refractivity contribution in [2.24, 2.45) is 5.73 Å². The number of likely N-dealkylation sites (N-methyl/N-ethyl adjacent to an activating group) is 1. The van der Waals surface area contributed by atoms with Crippen molar-refractivity contribution >= 4 is 5.91 Å². The second-order valence-electron chi connectivity index (χ2n) is 3.47. The van der Waals surface area contributed by atoms with Crippen molar-refractivity contribution < 1.29 is 4.79 Å². The number of nitrogens with one attached hydrogen (secondary N) is 1. The van der Waals surface area contributed by atoms with Crippen LogP contribution in [0.5, 0.6) is 0 Å². The maximum Gasteiger partial charge on any atom is 0.236 e. The summed E-state index contributed by atoms with van der Waals surface area (Å²) in [5.74, 6) is -0.0961. The van der Waals surface area contributed by atoms with Crippen LogP contribution in [-0.4, -0.2) is 24.0 Å². The number of pyridine rings is 1. The highest BCUT2D eigenvalue weighted by Gasteiger charge is 2.10. The quantitative estimate of drug-likeness (QED) is 0.737. The van der Waals surface area contributed by atoms with Crippen molar-refractivity contribution in [1.82, 2.24) is 10.3 Å². The number of nitrogens with two attached hydrogens (primary N) is 1. The molecule has 0 saturated heterocycles. The molecule has 0 aliphatic heterocycles. The molecule has 1 amide bonds. The zero-order chi connectivity index (χ0) is 11.1. The van der Waals surface area contributed by atoms with E-state index in [1.165, 1.54) is 5.56 Å². The molecule has 1 atom stereocenters. The lowest BCUT2D eigenvalue weighted by molar-refractivity contribution is -0.122. The monoisotopic (exact) mass is 207 g/mol. The molecule has 3 N–H and O–H groups in total. The van der Waals surface area contributed by atoms with Crippen LogP contribution in [0, 0.1) is 0 Å². The summed E-state index contributed by atoms with van der Waals surface area (Å²) in [5, 5.41) is 2.54. The van der Waals surface area contributed by atoms with Gasteiger partial charge in [0.2, 0.25) is 5.91 Å². The molecule has 15 heavy (non-hydrogen) atoms. The highest BCUT2D eigenvalue weighted by molar-refractivity contribution is 5.81. The van der Waals surface area contributed by atoms with Crippen molar-refractivity contribution in [1.29, 1.82) is 0 Å². The summed E-state index contributed by atoms with van der Waals surface area (Å²) in [6, 6.07) is 3.54. The summed E-state index contributed by atoms with van der Waals surface area (Å²) in [5.41, 5.74) is 6.85. The first kappa shape index (κ1) is 11.7. The van der Waals surface area contributed by atoms with Crippen molar-refractivity contribution in [2.45, 2.75) is 25.3 Å². The molecule has 4 nitrogen and oxygen atoms in total. The topological polar surface area (TPSA) is 68.0 Å². The fourth-order valence-corrected chi connectivity index (χ4v) is 1.39. The van der Waals surface area contributed by atoms with E-state index in [4.69, 9.17) is 5.73 Å². The zero-order valence-corrected chi connectivity index (χ0v) is 8.94. The summed E-state index contributed by atoms with van der Waals surface area (Å²) in [7, 11) is 1.60. The Labute approximate surface area is 89.9 Å². The minimum atomic E-state index is -0.397. The summed E-state index contributed by atoms with van der Waals surface area (Å²) in [6.07, 6.45) is 6.11. The Hall–Kier alpha value is -1.42. The van der Waals surface area contributed by atoms with Gasteiger partial charge in [-0.15, -0.1) is 0 Å². The van der Waals surface area contributed by atoms with E-state index in [0.29, 0.717) is 6.42 Å². The number of aryl methyl sites for hydroxylation is 1. The van der Waals surface area contributed by atoms with Gasteiger partial charge < -0.3 is 11.1 Å². The summed E-state index contributed by atoms with van der Waals surface area (Å²) in [4.78, 5) is 15.1. The van der Waals surface area contributed by atoms with E-state index >= 15 is 0 Å². The Morgan fingerprint density at radius 3 is 3.07 bits per heavy atom. The number of amides is 1. The molecule has 0 spiro atoms. The van der Waals surface area contributed by atoms with Crippen LogP contribution >= 0.6 is 0 Å². The summed E-state index contributed by atoms with van der Waals surface area (Å²) < 4.78 is 0. The van der Waals surface area contributed by atoms with Gasteiger partial charge in [0, 0.05) is 19.4 Å². The molecule has 82 valence electrons. The van der Waals surface area contributed by atoms with Crippen LogP contribution < -0.4 is 11.1 Å². The average Bonchev–Trinajstić information content (AvgIpc) is 2.29. The largest absolute Gasteiger partial charge is 0.358 e. The number of aromatic nitrogens is 1. The van der Waals surface area contributed by atoms with Gasteiger partial charge in [-0.3, -0.25) is 9.78 Å². The fraction of sp³-hybridized carbons (Fsp3) is 0.455. The summed E-state index contributed by atoms with van der Waals surface area (Å²) in [6.45, 7) is 0. The molecular formula is C11H17N3O. The van der Waals surface area contributed by atoms with Gasteiger partial charge in [-0.2, -0.15) is 0 Å². The van der Waals surface area contributed by atoms with Gasteiger partial charge in [0.1, 0.15) is 0 Å². The number of rotatable bonds is 5. The van der Waals surface area contributed by atoms with Gasteiger partial charge in [0.05, 0.1) is 6.04 Å². The lowest BCUT2D eigenvalue weighted by atomic mass is 10.1. The van der Waals surface area contributed by atoms with E-state index in [2.05, 4.69) is 10.3 Å². The minimum absolute atomic E-state index is 0.0961. The molecule has 1 aromatic rings. The Bertz CT molecular complexity index is 300.